The minimum absolute atomic E-state index is 0.0105. The van der Waals surface area contributed by atoms with Gasteiger partial charge in [-0.1, -0.05) is 0 Å². The van der Waals surface area contributed by atoms with E-state index >= 15 is 0 Å². The van der Waals surface area contributed by atoms with Gasteiger partial charge in [0, 0.05) is 16.5 Å². The number of anilines is 1. The third kappa shape index (κ3) is 4.14. The predicted molar refractivity (Wildman–Crippen MR) is 104 cm³/mol. The number of amides is 1. The van der Waals surface area contributed by atoms with Crippen molar-refractivity contribution in [2.75, 3.05) is 19.0 Å². The van der Waals surface area contributed by atoms with Crippen LogP contribution in [0.5, 0.6) is 5.75 Å². The number of ether oxygens (including phenoxy) is 2. The SMILES string of the molecule is COC(=O)c1c(NC(=O)COc2ccc([N+](=O)[O-])c(C)c2)sc2c1CCCC2. The highest BCUT2D eigenvalue weighted by Crippen LogP contribution is 2.38. The zero-order valence-electron chi connectivity index (χ0n) is 15.6. The Morgan fingerprint density at radius 3 is 2.71 bits per heavy atom. The number of hydrogen-bond acceptors (Lipinski definition) is 7. The highest BCUT2D eigenvalue weighted by atomic mass is 32.1. The van der Waals surface area contributed by atoms with E-state index in [9.17, 15) is 19.7 Å². The first kappa shape index (κ1) is 19.8. The quantitative estimate of drug-likeness (QED) is 0.447. The van der Waals surface area contributed by atoms with Crippen molar-refractivity contribution in [3.63, 3.8) is 0 Å². The van der Waals surface area contributed by atoms with E-state index in [1.807, 2.05) is 0 Å². The molecule has 1 aromatic carbocycles. The van der Waals surface area contributed by atoms with Crippen LogP contribution in [-0.2, 0) is 22.4 Å². The molecule has 0 saturated heterocycles. The van der Waals surface area contributed by atoms with Crippen LogP contribution in [0.4, 0.5) is 10.7 Å². The van der Waals surface area contributed by atoms with Gasteiger partial charge in [-0.25, -0.2) is 4.79 Å². The van der Waals surface area contributed by atoms with Crippen LogP contribution in [-0.4, -0.2) is 30.5 Å². The average Bonchev–Trinajstić information content (AvgIpc) is 3.03. The van der Waals surface area contributed by atoms with Crippen LogP contribution in [0.1, 0.15) is 39.2 Å². The first-order valence-corrected chi connectivity index (χ1v) is 9.63. The van der Waals surface area contributed by atoms with Crippen molar-refractivity contribution >= 4 is 33.9 Å². The largest absolute Gasteiger partial charge is 0.484 e. The number of hydrogen-bond donors (Lipinski definition) is 1. The van der Waals surface area contributed by atoms with Crippen LogP contribution in [0, 0.1) is 17.0 Å². The molecule has 1 aromatic heterocycles. The van der Waals surface area contributed by atoms with Gasteiger partial charge in [-0.3, -0.25) is 14.9 Å². The number of carbonyl (C=O) groups excluding carboxylic acids is 2. The number of nitro groups is 1. The lowest BCUT2D eigenvalue weighted by molar-refractivity contribution is -0.385. The maximum absolute atomic E-state index is 12.3. The lowest BCUT2D eigenvalue weighted by Crippen LogP contribution is -2.21. The first-order chi connectivity index (χ1) is 13.4. The maximum atomic E-state index is 12.3. The third-order valence-electron chi connectivity index (χ3n) is 4.55. The van der Waals surface area contributed by atoms with Gasteiger partial charge in [-0.15, -0.1) is 11.3 Å². The van der Waals surface area contributed by atoms with Crippen molar-refractivity contribution in [1.29, 1.82) is 0 Å². The number of rotatable bonds is 6. The summed E-state index contributed by atoms with van der Waals surface area (Å²) in [4.78, 5) is 36.0. The second kappa shape index (κ2) is 8.39. The number of esters is 1. The van der Waals surface area contributed by atoms with E-state index in [0.717, 1.165) is 36.1 Å². The monoisotopic (exact) mass is 404 g/mol. The number of methoxy groups -OCH3 is 1. The summed E-state index contributed by atoms with van der Waals surface area (Å²) >= 11 is 1.40. The van der Waals surface area contributed by atoms with Gasteiger partial charge < -0.3 is 14.8 Å². The van der Waals surface area contributed by atoms with Crippen LogP contribution < -0.4 is 10.1 Å². The third-order valence-corrected chi connectivity index (χ3v) is 5.76. The minimum Gasteiger partial charge on any atom is -0.484 e. The van der Waals surface area contributed by atoms with Gasteiger partial charge in [0.05, 0.1) is 17.6 Å². The van der Waals surface area contributed by atoms with Gasteiger partial charge >= 0.3 is 5.97 Å². The average molecular weight is 404 g/mol. The molecule has 0 aliphatic heterocycles. The molecule has 8 nitrogen and oxygen atoms in total. The van der Waals surface area contributed by atoms with Crippen molar-refractivity contribution in [2.24, 2.45) is 0 Å². The molecule has 0 atom stereocenters. The van der Waals surface area contributed by atoms with Crippen molar-refractivity contribution < 1.29 is 24.0 Å². The molecule has 3 rings (SSSR count). The van der Waals surface area contributed by atoms with Gasteiger partial charge in [0.25, 0.3) is 11.6 Å². The number of carbonyl (C=O) groups is 2. The number of fused-ring (bicyclic) bond motifs is 1. The Morgan fingerprint density at radius 1 is 1.29 bits per heavy atom. The summed E-state index contributed by atoms with van der Waals surface area (Å²) in [7, 11) is 1.32. The van der Waals surface area contributed by atoms with Gasteiger partial charge in [0.1, 0.15) is 10.8 Å². The van der Waals surface area contributed by atoms with Crippen LogP contribution in [0.2, 0.25) is 0 Å². The van der Waals surface area contributed by atoms with E-state index in [2.05, 4.69) is 5.32 Å². The molecular formula is C19H20N2O6S. The Balaban J connectivity index is 1.70. The van der Waals surface area contributed by atoms with Crippen molar-refractivity contribution in [3.8, 4) is 5.75 Å². The Labute approximate surface area is 165 Å². The maximum Gasteiger partial charge on any atom is 0.341 e. The smallest absolute Gasteiger partial charge is 0.341 e. The number of benzene rings is 1. The van der Waals surface area contributed by atoms with Crippen molar-refractivity contribution in [3.05, 3.63) is 49.9 Å². The zero-order chi connectivity index (χ0) is 20.3. The Kier molecular flexibility index (Phi) is 5.93. The standard InChI is InChI=1S/C19H20N2O6S/c1-11-9-12(7-8-14(11)21(24)25)27-10-16(22)20-18-17(19(23)26-2)13-5-3-4-6-15(13)28-18/h7-9H,3-6,10H2,1-2H3,(H,20,22). The number of aryl methyl sites for hydroxylation is 2. The lowest BCUT2D eigenvalue weighted by atomic mass is 9.95. The number of thiophene rings is 1. The van der Waals surface area contributed by atoms with Crippen LogP contribution in [0.25, 0.3) is 0 Å². The highest BCUT2D eigenvalue weighted by Gasteiger charge is 2.27. The second-order valence-electron chi connectivity index (χ2n) is 6.45. The number of nitrogens with zero attached hydrogens (tertiary/aromatic N) is 1. The summed E-state index contributed by atoms with van der Waals surface area (Å²) in [5, 5.41) is 14.1. The highest BCUT2D eigenvalue weighted by molar-refractivity contribution is 7.17. The molecule has 0 radical (unpaired) electrons. The van der Waals surface area contributed by atoms with E-state index in [0.29, 0.717) is 21.9 Å². The molecule has 1 amide bonds. The van der Waals surface area contributed by atoms with Gasteiger partial charge in [0.15, 0.2) is 6.61 Å². The van der Waals surface area contributed by atoms with Crippen LogP contribution >= 0.6 is 11.3 Å². The fourth-order valence-corrected chi connectivity index (χ4v) is 4.50. The molecule has 1 aliphatic rings. The Hall–Kier alpha value is -2.94. The minimum atomic E-state index is -0.473. The van der Waals surface area contributed by atoms with Gasteiger partial charge in [0.2, 0.25) is 0 Å². The summed E-state index contributed by atoms with van der Waals surface area (Å²) in [5.41, 5.74) is 1.83. The molecule has 9 heteroatoms. The Bertz CT molecular complexity index is 937. The molecule has 1 heterocycles. The fraction of sp³-hybridized carbons (Fsp3) is 0.368. The fourth-order valence-electron chi connectivity index (χ4n) is 3.21. The summed E-state index contributed by atoms with van der Waals surface area (Å²) in [6.45, 7) is 1.32. The Morgan fingerprint density at radius 2 is 2.04 bits per heavy atom. The normalized spacial score (nSPS) is 12.8. The van der Waals surface area contributed by atoms with Gasteiger partial charge in [-0.05, 0) is 50.3 Å². The van der Waals surface area contributed by atoms with E-state index in [-0.39, 0.29) is 12.3 Å². The summed E-state index contributed by atoms with van der Waals surface area (Å²) in [6.07, 6.45) is 3.75. The van der Waals surface area contributed by atoms with Crippen LogP contribution in [0.15, 0.2) is 18.2 Å². The molecule has 0 saturated carbocycles. The molecule has 1 aliphatic carbocycles. The van der Waals surface area contributed by atoms with Crippen molar-refractivity contribution in [1.82, 2.24) is 0 Å². The number of nitro benzene ring substituents is 1. The molecule has 28 heavy (non-hydrogen) atoms. The molecule has 2 aromatic rings. The molecule has 0 unspecified atom stereocenters. The molecule has 1 N–H and O–H groups in total. The van der Waals surface area contributed by atoms with Crippen molar-refractivity contribution in [2.45, 2.75) is 32.6 Å². The van der Waals surface area contributed by atoms with E-state index in [1.54, 1.807) is 6.92 Å². The lowest BCUT2D eigenvalue weighted by Gasteiger charge is -2.12. The molecule has 0 fully saturated rings. The molecule has 0 spiro atoms. The zero-order valence-corrected chi connectivity index (χ0v) is 16.4. The molecule has 0 bridgehead atoms. The van der Waals surface area contributed by atoms with E-state index in [4.69, 9.17) is 9.47 Å². The van der Waals surface area contributed by atoms with E-state index < -0.39 is 16.8 Å². The number of nitrogens with one attached hydrogen (secondary N) is 1. The topological polar surface area (TPSA) is 108 Å². The summed E-state index contributed by atoms with van der Waals surface area (Å²) < 4.78 is 10.3. The predicted octanol–water partition coefficient (Wildman–Crippen LogP) is 3.65. The van der Waals surface area contributed by atoms with E-state index in [1.165, 1.54) is 36.6 Å². The first-order valence-electron chi connectivity index (χ1n) is 8.81. The summed E-state index contributed by atoms with van der Waals surface area (Å²) in [5.74, 6) is -0.515. The van der Waals surface area contributed by atoms with Crippen LogP contribution in [0.3, 0.4) is 0 Å². The summed E-state index contributed by atoms with van der Waals surface area (Å²) in [6, 6.07) is 4.29. The molecule has 148 valence electrons. The van der Waals surface area contributed by atoms with Gasteiger partial charge in [-0.2, -0.15) is 0 Å². The second-order valence-corrected chi connectivity index (χ2v) is 7.55. The molecular weight excluding hydrogens is 384 g/mol.